The van der Waals surface area contributed by atoms with Gasteiger partial charge in [-0.1, -0.05) is 32.1 Å². The lowest BCUT2D eigenvalue weighted by atomic mass is 9.84. The minimum atomic E-state index is -0.796. The van der Waals surface area contributed by atoms with E-state index in [9.17, 15) is 9.59 Å². The van der Waals surface area contributed by atoms with Crippen molar-refractivity contribution in [3.63, 3.8) is 0 Å². The maximum absolute atomic E-state index is 12.2. The number of thiazole rings is 1. The number of aromatic nitrogens is 1. The molecule has 0 aliphatic heterocycles. The number of amides is 1. The molecule has 1 aliphatic rings. The Hall–Kier alpha value is -1.43. The van der Waals surface area contributed by atoms with E-state index in [1.807, 2.05) is 5.38 Å². The van der Waals surface area contributed by atoms with Crippen molar-refractivity contribution in [1.82, 2.24) is 10.3 Å². The van der Waals surface area contributed by atoms with E-state index < -0.39 is 5.97 Å². The van der Waals surface area contributed by atoms with Crippen molar-refractivity contribution in [2.75, 3.05) is 0 Å². The van der Waals surface area contributed by atoms with Crippen molar-refractivity contribution in [2.45, 2.75) is 70.3 Å². The molecular weight excluding hydrogens is 312 g/mol. The maximum atomic E-state index is 12.2. The smallest absolute Gasteiger partial charge is 0.303 e. The Morgan fingerprint density at radius 2 is 2.09 bits per heavy atom. The number of aliphatic carboxylic acids is 1. The number of carboxylic acids is 1. The summed E-state index contributed by atoms with van der Waals surface area (Å²) >= 11 is 1.56. The fourth-order valence-electron chi connectivity index (χ4n) is 3.27. The molecule has 1 aromatic rings. The predicted molar refractivity (Wildman–Crippen MR) is 90.4 cm³/mol. The average Bonchev–Trinajstić information content (AvgIpc) is 3.05. The normalized spacial score (nSPS) is 16.9. The third kappa shape index (κ3) is 7.12. The lowest BCUT2D eigenvalue weighted by Gasteiger charge is -2.27. The second-order valence-electron chi connectivity index (χ2n) is 6.36. The molecule has 0 radical (unpaired) electrons. The van der Waals surface area contributed by atoms with Crippen LogP contribution >= 0.6 is 11.3 Å². The highest BCUT2D eigenvalue weighted by Gasteiger charge is 2.21. The van der Waals surface area contributed by atoms with Crippen LogP contribution in [0, 0.1) is 5.92 Å². The Morgan fingerprint density at radius 3 is 2.74 bits per heavy atom. The largest absolute Gasteiger partial charge is 0.481 e. The molecule has 1 fully saturated rings. The van der Waals surface area contributed by atoms with Crippen LogP contribution < -0.4 is 5.32 Å². The first-order valence-corrected chi connectivity index (χ1v) is 9.41. The number of hydrogen-bond donors (Lipinski definition) is 2. The summed E-state index contributed by atoms with van der Waals surface area (Å²) in [6.45, 7) is 0. The summed E-state index contributed by atoms with van der Waals surface area (Å²) in [5, 5.41) is 14.8. The quantitative estimate of drug-likeness (QED) is 0.723. The topological polar surface area (TPSA) is 79.3 Å². The van der Waals surface area contributed by atoms with Crippen molar-refractivity contribution >= 4 is 23.2 Å². The van der Waals surface area contributed by atoms with Crippen molar-refractivity contribution < 1.29 is 14.7 Å². The highest BCUT2D eigenvalue weighted by molar-refractivity contribution is 7.09. The lowest BCUT2D eigenvalue weighted by Crippen LogP contribution is -2.37. The highest BCUT2D eigenvalue weighted by atomic mass is 32.1. The Balaban J connectivity index is 1.79. The van der Waals surface area contributed by atoms with Gasteiger partial charge in [0.2, 0.25) is 5.91 Å². The zero-order valence-corrected chi connectivity index (χ0v) is 14.3. The fourth-order valence-corrected chi connectivity index (χ4v) is 3.89. The SMILES string of the molecule is O=C(O)CCC(CC1CCCCC1)NC(=O)CCc1nccs1. The fraction of sp³-hybridized carbons (Fsp3) is 0.706. The Labute approximate surface area is 141 Å². The summed E-state index contributed by atoms with van der Waals surface area (Å²) in [6, 6.07) is -0.0157. The van der Waals surface area contributed by atoms with E-state index in [0.29, 0.717) is 25.2 Å². The van der Waals surface area contributed by atoms with Gasteiger partial charge in [-0.25, -0.2) is 4.98 Å². The second kappa shape index (κ2) is 9.65. The highest BCUT2D eigenvalue weighted by Crippen LogP contribution is 2.28. The summed E-state index contributed by atoms with van der Waals surface area (Å²) in [5.41, 5.74) is 0. The van der Waals surface area contributed by atoms with Crippen LogP contribution in [-0.4, -0.2) is 28.0 Å². The molecule has 0 bridgehead atoms. The van der Waals surface area contributed by atoms with Crippen molar-refractivity contribution in [3.05, 3.63) is 16.6 Å². The summed E-state index contributed by atoms with van der Waals surface area (Å²) in [7, 11) is 0. The number of carbonyl (C=O) groups excluding carboxylic acids is 1. The van der Waals surface area contributed by atoms with E-state index in [1.54, 1.807) is 17.5 Å². The van der Waals surface area contributed by atoms with Gasteiger partial charge < -0.3 is 10.4 Å². The third-order valence-electron chi connectivity index (χ3n) is 4.46. The Kier molecular flexibility index (Phi) is 7.52. The van der Waals surface area contributed by atoms with E-state index in [-0.39, 0.29) is 18.4 Å². The molecule has 1 atom stereocenters. The van der Waals surface area contributed by atoms with E-state index in [2.05, 4.69) is 10.3 Å². The van der Waals surface area contributed by atoms with Gasteiger partial charge >= 0.3 is 5.97 Å². The van der Waals surface area contributed by atoms with Gasteiger partial charge in [0.05, 0.1) is 5.01 Å². The lowest BCUT2D eigenvalue weighted by molar-refractivity contribution is -0.137. The van der Waals surface area contributed by atoms with Crippen LogP contribution in [0.1, 0.15) is 62.8 Å². The van der Waals surface area contributed by atoms with E-state index >= 15 is 0 Å². The number of rotatable bonds is 9. The van der Waals surface area contributed by atoms with Crippen LogP contribution in [0.4, 0.5) is 0 Å². The Morgan fingerprint density at radius 1 is 1.30 bits per heavy atom. The number of carboxylic acid groups (broad SMARTS) is 1. The Bertz CT molecular complexity index is 484. The van der Waals surface area contributed by atoms with Gasteiger partial charge in [-0.05, 0) is 18.8 Å². The molecule has 1 amide bonds. The summed E-state index contributed by atoms with van der Waals surface area (Å²) in [5.74, 6) is -0.163. The monoisotopic (exact) mass is 338 g/mol. The molecule has 0 spiro atoms. The number of aryl methyl sites for hydroxylation is 1. The van der Waals surface area contributed by atoms with Gasteiger partial charge in [0.1, 0.15) is 0 Å². The predicted octanol–water partition coefficient (Wildman–Crippen LogP) is 3.40. The first-order chi connectivity index (χ1) is 11.1. The van der Waals surface area contributed by atoms with Crippen molar-refractivity contribution in [3.8, 4) is 0 Å². The number of nitrogens with zero attached hydrogens (tertiary/aromatic N) is 1. The molecule has 0 saturated heterocycles. The molecule has 0 aromatic carbocycles. The maximum Gasteiger partial charge on any atom is 0.303 e. The molecule has 2 rings (SSSR count). The minimum Gasteiger partial charge on any atom is -0.481 e. The van der Waals surface area contributed by atoms with Gasteiger partial charge in [0.25, 0.3) is 0 Å². The molecule has 5 nitrogen and oxygen atoms in total. The zero-order valence-electron chi connectivity index (χ0n) is 13.5. The average molecular weight is 338 g/mol. The first kappa shape index (κ1) is 17.9. The molecule has 1 aliphatic carbocycles. The van der Waals surface area contributed by atoms with Crippen LogP contribution in [0.2, 0.25) is 0 Å². The molecule has 1 heterocycles. The molecule has 2 N–H and O–H groups in total. The van der Waals surface area contributed by atoms with Crippen LogP contribution in [0.3, 0.4) is 0 Å². The zero-order chi connectivity index (χ0) is 16.5. The van der Waals surface area contributed by atoms with Crippen molar-refractivity contribution in [1.29, 1.82) is 0 Å². The minimum absolute atomic E-state index is 0.00592. The van der Waals surface area contributed by atoms with Gasteiger partial charge in [-0.2, -0.15) is 0 Å². The van der Waals surface area contributed by atoms with E-state index in [1.165, 1.54) is 32.1 Å². The van der Waals surface area contributed by atoms with Crippen LogP contribution in [0.15, 0.2) is 11.6 Å². The summed E-state index contributed by atoms with van der Waals surface area (Å²) < 4.78 is 0. The number of hydrogen-bond acceptors (Lipinski definition) is 4. The van der Waals surface area contributed by atoms with Gasteiger partial charge in [-0.3, -0.25) is 9.59 Å². The standard InChI is InChI=1S/C17H26N2O3S/c20-15(7-8-16-18-10-11-23-16)19-14(6-9-17(21)22)12-13-4-2-1-3-5-13/h10-11,13-14H,1-9,12H2,(H,19,20)(H,21,22). The summed E-state index contributed by atoms with van der Waals surface area (Å²) in [4.78, 5) is 27.2. The van der Waals surface area contributed by atoms with Gasteiger partial charge in [0.15, 0.2) is 0 Å². The molecule has 23 heavy (non-hydrogen) atoms. The molecule has 6 heteroatoms. The van der Waals surface area contributed by atoms with E-state index in [4.69, 9.17) is 5.11 Å². The molecule has 128 valence electrons. The molecule has 1 aromatic heterocycles. The summed E-state index contributed by atoms with van der Waals surface area (Å²) in [6.07, 6.45) is 10.6. The number of nitrogens with one attached hydrogen (secondary N) is 1. The van der Waals surface area contributed by atoms with Crippen molar-refractivity contribution in [2.24, 2.45) is 5.92 Å². The van der Waals surface area contributed by atoms with Gasteiger partial charge in [0, 0.05) is 36.9 Å². The third-order valence-corrected chi connectivity index (χ3v) is 5.30. The first-order valence-electron chi connectivity index (χ1n) is 8.53. The second-order valence-corrected chi connectivity index (χ2v) is 7.34. The number of carbonyl (C=O) groups is 2. The molecule has 1 saturated carbocycles. The van der Waals surface area contributed by atoms with Crippen LogP contribution in [-0.2, 0) is 16.0 Å². The van der Waals surface area contributed by atoms with E-state index in [0.717, 1.165) is 11.4 Å². The van der Waals surface area contributed by atoms with Gasteiger partial charge in [-0.15, -0.1) is 11.3 Å². The van der Waals surface area contributed by atoms with Crippen LogP contribution in [0.25, 0.3) is 0 Å². The van der Waals surface area contributed by atoms with Crippen LogP contribution in [0.5, 0.6) is 0 Å². The molecule has 1 unspecified atom stereocenters. The molecular formula is C17H26N2O3S.